The van der Waals surface area contributed by atoms with E-state index in [0.717, 1.165) is 70.7 Å². The number of nitriles is 2. The van der Waals surface area contributed by atoms with Gasteiger partial charge in [0.05, 0.1) is 34.7 Å². The van der Waals surface area contributed by atoms with Crippen molar-refractivity contribution < 1.29 is 0 Å². The average molecular weight is 469 g/mol. The summed E-state index contributed by atoms with van der Waals surface area (Å²) >= 11 is 7.09. The van der Waals surface area contributed by atoms with Crippen LogP contribution >= 0.6 is 11.6 Å². The maximum atomic E-state index is 9.71. The van der Waals surface area contributed by atoms with Crippen LogP contribution in [0.15, 0.2) is 36.7 Å². The topological polar surface area (TPSA) is 111 Å². The molecule has 170 valence electrons. The second-order valence-corrected chi connectivity index (χ2v) is 10.2. The highest BCUT2D eigenvalue weighted by Gasteiger charge is 2.52. The Labute approximate surface area is 204 Å². The Balaban J connectivity index is 1.62. The average Bonchev–Trinajstić information content (AvgIpc) is 3.36. The lowest BCUT2D eigenvalue weighted by Gasteiger charge is -2.26. The third-order valence-electron chi connectivity index (χ3n) is 7.42. The fourth-order valence-corrected chi connectivity index (χ4v) is 6.08. The first kappa shape index (κ1) is 22.2. The number of pyridine rings is 2. The Kier molecular flexibility index (Phi) is 5.23. The van der Waals surface area contributed by atoms with Crippen LogP contribution in [0.3, 0.4) is 0 Å². The number of halogens is 1. The minimum absolute atomic E-state index is 0.188. The second kappa shape index (κ2) is 8.01. The van der Waals surface area contributed by atoms with Crippen molar-refractivity contribution in [1.29, 1.82) is 10.5 Å². The number of hydrogen-bond donors (Lipinski definition) is 2. The number of anilines is 2. The molecule has 3 aromatic rings. The maximum Gasteiger partial charge on any atom is 0.131 e. The lowest BCUT2D eigenvalue weighted by atomic mass is 9.77. The molecule has 0 unspecified atom stereocenters. The summed E-state index contributed by atoms with van der Waals surface area (Å²) < 4.78 is 0. The molecule has 34 heavy (non-hydrogen) atoms. The largest absolute Gasteiger partial charge is 0.399 e. The van der Waals surface area contributed by atoms with E-state index in [1.807, 2.05) is 38.1 Å². The van der Waals surface area contributed by atoms with Gasteiger partial charge in [-0.15, -0.1) is 0 Å². The molecule has 1 aliphatic heterocycles. The van der Waals surface area contributed by atoms with Crippen LogP contribution in [0.25, 0.3) is 22.4 Å². The van der Waals surface area contributed by atoms with E-state index >= 15 is 0 Å². The van der Waals surface area contributed by atoms with Crippen LogP contribution in [0.1, 0.15) is 42.9 Å². The zero-order chi connectivity index (χ0) is 24.1. The maximum absolute atomic E-state index is 9.71. The predicted octanol–water partition coefficient (Wildman–Crippen LogP) is 5.80. The van der Waals surface area contributed by atoms with E-state index < -0.39 is 0 Å². The molecule has 2 aromatic heterocycles. The van der Waals surface area contributed by atoms with Crippen LogP contribution in [-0.4, -0.2) is 16.5 Å². The minimum Gasteiger partial charge on any atom is -0.399 e. The lowest BCUT2D eigenvalue weighted by Crippen LogP contribution is -2.27. The Morgan fingerprint density at radius 1 is 1.18 bits per heavy atom. The van der Waals surface area contributed by atoms with Crippen LogP contribution in [0, 0.1) is 35.0 Å². The van der Waals surface area contributed by atoms with Gasteiger partial charge < -0.3 is 11.1 Å². The van der Waals surface area contributed by atoms with Gasteiger partial charge in [-0.1, -0.05) is 11.6 Å². The summed E-state index contributed by atoms with van der Waals surface area (Å²) in [6.07, 6.45) is 6.35. The molecule has 1 aromatic carbocycles. The molecule has 0 radical (unpaired) electrons. The van der Waals surface area contributed by atoms with E-state index in [0.29, 0.717) is 17.1 Å². The number of fused-ring (bicyclic) bond motifs is 2. The van der Waals surface area contributed by atoms with Gasteiger partial charge in [0.1, 0.15) is 5.82 Å². The number of nitrogens with zero attached hydrogens (tertiary/aromatic N) is 4. The number of nitrogens with one attached hydrogen (secondary N) is 1. The summed E-state index contributed by atoms with van der Waals surface area (Å²) in [7, 11) is 0. The summed E-state index contributed by atoms with van der Waals surface area (Å²) in [4.78, 5) is 9.28. The van der Waals surface area contributed by atoms with E-state index in [2.05, 4.69) is 22.4 Å². The van der Waals surface area contributed by atoms with E-state index in [1.54, 1.807) is 12.4 Å². The lowest BCUT2D eigenvalue weighted by molar-refractivity contribution is 0.404. The highest BCUT2D eigenvalue weighted by Crippen LogP contribution is 2.57. The molecule has 7 heteroatoms. The van der Waals surface area contributed by atoms with Gasteiger partial charge in [0.2, 0.25) is 0 Å². The summed E-state index contributed by atoms with van der Waals surface area (Å²) in [5, 5.41) is 22.9. The molecule has 1 saturated carbocycles. The first-order valence-electron chi connectivity index (χ1n) is 11.4. The van der Waals surface area contributed by atoms with Crippen molar-refractivity contribution in [1.82, 2.24) is 9.97 Å². The SMILES string of the molecule is Cc1c(CC#N)ccnc1-c1cc(N)cc(-c2cnc3c(c2Cl)[C@@]2(CC[C@](C)(C#N)C2)CN3)c1. The monoisotopic (exact) mass is 468 g/mol. The van der Waals surface area contributed by atoms with Crippen molar-refractivity contribution in [3.05, 3.63) is 58.4 Å². The third kappa shape index (κ3) is 3.47. The number of aromatic nitrogens is 2. The highest BCUT2D eigenvalue weighted by molar-refractivity contribution is 6.34. The molecule has 0 amide bonds. The van der Waals surface area contributed by atoms with Crippen LogP contribution in [0.4, 0.5) is 11.5 Å². The van der Waals surface area contributed by atoms with Crippen LogP contribution in [-0.2, 0) is 11.8 Å². The number of nitrogen functional groups attached to an aromatic ring is 1. The van der Waals surface area contributed by atoms with Crippen LogP contribution in [0.2, 0.25) is 5.02 Å². The molecule has 3 N–H and O–H groups in total. The summed E-state index contributed by atoms with van der Waals surface area (Å²) in [5.74, 6) is 0.807. The molecule has 1 spiro atoms. The molecule has 3 heterocycles. The number of nitrogens with two attached hydrogens (primary N) is 1. The van der Waals surface area contributed by atoms with Crippen molar-refractivity contribution in [2.24, 2.45) is 5.41 Å². The molecule has 5 rings (SSSR count). The van der Waals surface area contributed by atoms with Crippen molar-refractivity contribution in [2.45, 2.75) is 44.9 Å². The molecule has 0 saturated heterocycles. The smallest absolute Gasteiger partial charge is 0.131 e. The molecule has 2 aliphatic rings. The molecule has 1 aliphatic carbocycles. The molecule has 2 atom stereocenters. The molecule has 6 nitrogen and oxygen atoms in total. The van der Waals surface area contributed by atoms with Crippen LogP contribution < -0.4 is 11.1 Å². The van der Waals surface area contributed by atoms with Gasteiger partial charge in [-0.2, -0.15) is 10.5 Å². The second-order valence-electron chi connectivity index (χ2n) is 9.81. The first-order valence-corrected chi connectivity index (χ1v) is 11.7. The van der Waals surface area contributed by atoms with Crippen molar-refractivity contribution >= 4 is 23.1 Å². The Hall–Kier alpha value is -3.61. The van der Waals surface area contributed by atoms with Gasteiger partial charge in [0.15, 0.2) is 0 Å². The fourth-order valence-electron chi connectivity index (χ4n) is 5.64. The minimum atomic E-state index is -0.357. The fraction of sp³-hybridized carbons (Fsp3) is 0.333. The predicted molar refractivity (Wildman–Crippen MR) is 134 cm³/mol. The van der Waals surface area contributed by atoms with Gasteiger partial charge in [-0.05, 0) is 74.1 Å². The van der Waals surface area contributed by atoms with Gasteiger partial charge in [-0.3, -0.25) is 4.98 Å². The quantitative estimate of drug-likeness (QED) is 0.470. The molecular weight excluding hydrogens is 444 g/mol. The van der Waals surface area contributed by atoms with Gasteiger partial charge in [0.25, 0.3) is 0 Å². The molecule has 0 bridgehead atoms. The Morgan fingerprint density at radius 2 is 1.97 bits per heavy atom. The molecule has 1 fully saturated rings. The number of benzene rings is 1. The van der Waals surface area contributed by atoms with Gasteiger partial charge in [-0.25, -0.2) is 4.98 Å². The van der Waals surface area contributed by atoms with Gasteiger partial charge in [0, 0.05) is 46.7 Å². The van der Waals surface area contributed by atoms with E-state index in [4.69, 9.17) is 27.6 Å². The van der Waals surface area contributed by atoms with Crippen molar-refractivity contribution in [2.75, 3.05) is 17.6 Å². The zero-order valence-corrected chi connectivity index (χ0v) is 20.0. The standard InChI is InChI=1S/C27H25ClN6/c1-16-17(3-7-29)4-8-32-24(16)19-9-18(10-20(31)11-19)21-12-33-25-22(23(21)28)27(15-34-25)6-5-26(2,13-27)14-30/h4,8-12H,3,5-6,13,15,31H2,1-2H3,(H,33,34)/t26-,27+/m0/s1. The summed E-state index contributed by atoms with van der Waals surface area (Å²) in [6, 6.07) is 12.4. The highest BCUT2D eigenvalue weighted by atomic mass is 35.5. The van der Waals surface area contributed by atoms with E-state index in [1.165, 1.54) is 0 Å². The zero-order valence-electron chi connectivity index (χ0n) is 19.2. The number of rotatable bonds is 3. The Bertz CT molecular complexity index is 1400. The van der Waals surface area contributed by atoms with E-state index in [-0.39, 0.29) is 10.8 Å². The summed E-state index contributed by atoms with van der Waals surface area (Å²) in [6.45, 7) is 4.75. The normalized spacial score (nSPS) is 22.7. The summed E-state index contributed by atoms with van der Waals surface area (Å²) in [5.41, 5.74) is 12.6. The third-order valence-corrected chi connectivity index (χ3v) is 7.81. The van der Waals surface area contributed by atoms with Crippen LogP contribution in [0.5, 0.6) is 0 Å². The Morgan fingerprint density at radius 3 is 2.71 bits per heavy atom. The first-order chi connectivity index (χ1) is 16.3. The van der Waals surface area contributed by atoms with Crippen molar-refractivity contribution in [3.63, 3.8) is 0 Å². The number of hydrogen-bond acceptors (Lipinski definition) is 6. The molecular formula is C27H25ClN6. The van der Waals surface area contributed by atoms with Gasteiger partial charge >= 0.3 is 0 Å². The van der Waals surface area contributed by atoms with E-state index in [9.17, 15) is 5.26 Å². The van der Waals surface area contributed by atoms with Crippen molar-refractivity contribution in [3.8, 4) is 34.5 Å².